The van der Waals surface area contributed by atoms with Crippen LogP contribution >= 0.6 is 0 Å². The molecule has 0 unspecified atom stereocenters. The van der Waals surface area contributed by atoms with Gasteiger partial charge >= 0.3 is 0 Å². The fraction of sp³-hybridized carbons (Fsp3) is 1.00. The van der Waals surface area contributed by atoms with Crippen LogP contribution in [-0.4, -0.2) is 19.5 Å². The lowest BCUT2D eigenvalue weighted by atomic mass is 9.71. The molecule has 1 aliphatic rings. The lowest BCUT2D eigenvalue weighted by molar-refractivity contribution is -0.114. The summed E-state index contributed by atoms with van der Waals surface area (Å²) in [6, 6.07) is 0. The molecule has 84 valence electrons. The normalized spacial score (nSPS) is 31.7. The highest BCUT2D eigenvalue weighted by molar-refractivity contribution is 4.83. The zero-order valence-corrected chi connectivity index (χ0v) is 10.0. The van der Waals surface area contributed by atoms with Crippen LogP contribution in [0.3, 0.4) is 0 Å². The number of hydrogen-bond donors (Lipinski definition) is 0. The van der Waals surface area contributed by atoms with Gasteiger partial charge in [0.15, 0.2) is 0 Å². The monoisotopic (exact) mass is 200 g/mol. The van der Waals surface area contributed by atoms with Crippen LogP contribution in [0.4, 0.5) is 0 Å². The molecular formula is C12H24O2. The van der Waals surface area contributed by atoms with Crippen LogP contribution in [0.15, 0.2) is 0 Å². The van der Waals surface area contributed by atoms with Crippen LogP contribution in [0.5, 0.6) is 0 Å². The molecule has 0 aliphatic heterocycles. The molecule has 0 aromatic rings. The van der Waals surface area contributed by atoms with Gasteiger partial charge in [0.2, 0.25) is 0 Å². The summed E-state index contributed by atoms with van der Waals surface area (Å²) in [7, 11) is 0. The van der Waals surface area contributed by atoms with E-state index in [1.165, 1.54) is 19.3 Å². The van der Waals surface area contributed by atoms with Crippen molar-refractivity contribution in [3.8, 4) is 0 Å². The van der Waals surface area contributed by atoms with E-state index in [-0.39, 0.29) is 0 Å². The molecule has 0 saturated heterocycles. The lowest BCUT2D eigenvalue weighted by Gasteiger charge is -2.38. The predicted molar refractivity (Wildman–Crippen MR) is 58.2 cm³/mol. The summed E-state index contributed by atoms with van der Waals surface area (Å²) in [5.74, 6) is 0.783. The lowest BCUT2D eigenvalue weighted by Crippen LogP contribution is -2.33. The minimum Gasteiger partial charge on any atom is -0.356 e. The first-order valence-electron chi connectivity index (χ1n) is 5.73. The maximum Gasteiger partial charge on any atom is 0.147 e. The summed E-state index contributed by atoms with van der Waals surface area (Å²) in [5, 5.41) is 0. The highest BCUT2D eigenvalue weighted by Gasteiger charge is 2.32. The van der Waals surface area contributed by atoms with E-state index >= 15 is 0 Å². The fourth-order valence-corrected chi connectivity index (χ4v) is 2.61. The van der Waals surface area contributed by atoms with Crippen LogP contribution in [0.25, 0.3) is 0 Å². The molecule has 0 radical (unpaired) electrons. The SMILES string of the molecule is CCOCO[C@H]1C[C@@H](C)CC(C)(C)C1. The van der Waals surface area contributed by atoms with E-state index in [0.29, 0.717) is 18.3 Å². The van der Waals surface area contributed by atoms with Crippen molar-refractivity contribution in [3.05, 3.63) is 0 Å². The molecule has 1 fully saturated rings. The zero-order valence-electron chi connectivity index (χ0n) is 10.0. The van der Waals surface area contributed by atoms with Crippen LogP contribution in [0.2, 0.25) is 0 Å². The van der Waals surface area contributed by atoms with Gasteiger partial charge in [0.25, 0.3) is 0 Å². The van der Waals surface area contributed by atoms with Crippen molar-refractivity contribution in [2.24, 2.45) is 11.3 Å². The van der Waals surface area contributed by atoms with Crippen LogP contribution in [0.1, 0.15) is 47.0 Å². The summed E-state index contributed by atoms with van der Waals surface area (Å²) in [4.78, 5) is 0. The van der Waals surface area contributed by atoms with Crippen molar-refractivity contribution in [3.63, 3.8) is 0 Å². The topological polar surface area (TPSA) is 18.5 Å². The van der Waals surface area contributed by atoms with E-state index in [2.05, 4.69) is 20.8 Å². The molecule has 14 heavy (non-hydrogen) atoms. The van der Waals surface area contributed by atoms with E-state index < -0.39 is 0 Å². The van der Waals surface area contributed by atoms with Gasteiger partial charge < -0.3 is 9.47 Å². The second-order valence-electron chi connectivity index (χ2n) is 5.31. The minimum absolute atomic E-state index is 0.403. The summed E-state index contributed by atoms with van der Waals surface area (Å²) >= 11 is 0. The Balaban J connectivity index is 2.30. The van der Waals surface area contributed by atoms with E-state index in [1.807, 2.05) is 6.92 Å². The molecule has 0 aromatic carbocycles. The summed E-state index contributed by atoms with van der Waals surface area (Å²) in [5.41, 5.74) is 0.439. The van der Waals surface area contributed by atoms with Crippen LogP contribution in [0, 0.1) is 11.3 Å². The Bertz CT molecular complexity index is 166. The average molecular weight is 200 g/mol. The Morgan fingerprint density at radius 2 is 2.00 bits per heavy atom. The number of rotatable bonds is 4. The molecule has 1 aliphatic carbocycles. The van der Waals surface area contributed by atoms with E-state index in [0.717, 1.165) is 12.5 Å². The fourth-order valence-electron chi connectivity index (χ4n) is 2.61. The standard InChI is InChI=1S/C12H24O2/c1-5-13-9-14-11-6-10(2)7-12(3,4)8-11/h10-11H,5-9H2,1-4H3/t10-,11+/m1/s1. The summed E-state index contributed by atoms with van der Waals surface area (Å²) in [6.45, 7) is 10.2. The first-order valence-corrected chi connectivity index (χ1v) is 5.73. The molecule has 0 spiro atoms. The molecule has 1 saturated carbocycles. The third-order valence-electron chi connectivity index (χ3n) is 2.94. The average Bonchev–Trinajstić information content (AvgIpc) is 2.00. The maximum atomic E-state index is 5.71. The molecular weight excluding hydrogens is 176 g/mol. The molecule has 0 aromatic heterocycles. The highest BCUT2D eigenvalue weighted by Crippen LogP contribution is 2.39. The maximum absolute atomic E-state index is 5.71. The molecule has 2 atom stereocenters. The van der Waals surface area contributed by atoms with E-state index in [1.54, 1.807) is 0 Å². The molecule has 0 bridgehead atoms. The summed E-state index contributed by atoms with van der Waals surface area (Å²) < 4.78 is 10.9. The molecule has 2 heteroatoms. The zero-order chi connectivity index (χ0) is 10.6. The predicted octanol–water partition coefficient (Wildman–Crippen LogP) is 3.21. The molecule has 0 N–H and O–H groups in total. The Morgan fingerprint density at radius 1 is 1.29 bits per heavy atom. The molecule has 0 amide bonds. The van der Waals surface area contributed by atoms with Crippen molar-refractivity contribution in [1.29, 1.82) is 0 Å². The van der Waals surface area contributed by atoms with Gasteiger partial charge in [-0.1, -0.05) is 20.8 Å². The smallest absolute Gasteiger partial charge is 0.147 e. The minimum atomic E-state index is 0.403. The van der Waals surface area contributed by atoms with E-state index in [9.17, 15) is 0 Å². The van der Waals surface area contributed by atoms with Gasteiger partial charge in [-0.15, -0.1) is 0 Å². The van der Waals surface area contributed by atoms with Gasteiger partial charge in [0, 0.05) is 6.61 Å². The molecule has 1 rings (SSSR count). The van der Waals surface area contributed by atoms with Gasteiger partial charge in [-0.2, -0.15) is 0 Å². The Morgan fingerprint density at radius 3 is 2.57 bits per heavy atom. The highest BCUT2D eigenvalue weighted by atomic mass is 16.7. The largest absolute Gasteiger partial charge is 0.356 e. The van der Waals surface area contributed by atoms with Gasteiger partial charge in [-0.05, 0) is 37.5 Å². The van der Waals surface area contributed by atoms with Crippen molar-refractivity contribution in [2.75, 3.05) is 13.4 Å². The molecule has 2 nitrogen and oxygen atoms in total. The first-order chi connectivity index (χ1) is 6.53. The van der Waals surface area contributed by atoms with Gasteiger partial charge in [-0.3, -0.25) is 0 Å². The Labute approximate surface area is 88.0 Å². The van der Waals surface area contributed by atoms with Crippen molar-refractivity contribution in [1.82, 2.24) is 0 Å². The van der Waals surface area contributed by atoms with Crippen molar-refractivity contribution < 1.29 is 9.47 Å². The van der Waals surface area contributed by atoms with Gasteiger partial charge in [0.1, 0.15) is 6.79 Å². The van der Waals surface area contributed by atoms with Crippen molar-refractivity contribution in [2.45, 2.75) is 53.1 Å². The first kappa shape index (κ1) is 12.0. The Kier molecular flexibility index (Phi) is 4.39. The number of hydrogen-bond acceptors (Lipinski definition) is 2. The third-order valence-corrected chi connectivity index (χ3v) is 2.94. The quantitative estimate of drug-likeness (QED) is 0.512. The summed E-state index contributed by atoms with van der Waals surface area (Å²) in [6.07, 6.45) is 4.09. The third kappa shape index (κ3) is 3.97. The number of ether oxygens (including phenoxy) is 2. The van der Waals surface area contributed by atoms with Gasteiger partial charge in [0.05, 0.1) is 6.10 Å². The second kappa shape index (κ2) is 5.13. The second-order valence-corrected chi connectivity index (χ2v) is 5.31. The Hall–Kier alpha value is -0.0800. The van der Waals surface area contributed by atoms with Gasteiger partial charge in [-0.25, -0.2) is 0 Å². The van der Waals surface area contributed by atoms with E-state index in [4.69, 9.17) is 9.47 Å². The van der Waals surface area contributed by atoms with Crippen molar-refractivity contribution >= 4 is 0 Å². The van der Waals surface area contributed by atoms with Crippen LogP contribution in [-0.2, 0) is 9.47 Å². The molecule has 0 heterocycles. The van der Waals surface area contributed by atoms with Crippen LogP contribution < -0.4 is 0 Å².